The lowest BCUT2D eigenvalue weighted by Gasteiger charge is -2.12. The van der Waals surface area contributed by atoms with Crippen LogP contribution in [-0.2, 0) is 0 Å². The maximum absolute atomic E-state index is 12.2. The molecule has 0 unspecified atom stereocenters. The van der Waals surface area contributed by atoms with E-state index in [0.29, 0.717) is 17.1 Å². The van der Waals surface area contributed by atoms with Gasteiger partial charge in [-0.05, 0) is 19.1 Å². The summed E-state index contributed by atoms with van der Waals surface area (Å²) in [6, 6.07) is 14.6. The van der Waals surface area contributed by atoms with Crippen LogP contribution in [0.4, 0.5) is 5.69 Å². The number of rotatable bonds is 6. The summed E-state index contributed by atoms with van der Waals surface area (Å²) in [5, 5.41) is 3.17. The minimum absolute atomic E-state index is 0.0486. The summed E-state index contributed by atoms with van der Waals surface area (Å²) in [6.45, 7) is 1.83. The largest absolute Gasteiger partial charge is 0.497 e. The number of hydrogen-bond acceptors (Lipinski definition) is 4. The van der Waals surface area contributed by atoms with Crippen LogP contribution < -0.4 is 14.8 Å². The molecule has 0 atom stereocenters. The Hall–Kier alpha value is -2.75. The average Bonchev–Trinajstić information content (AvgIpc) is 2.55. The molecule has 0 bridgehead atoms. The van der Waals surface area contributed by atoms with Crippen molar-refractivity contribution in [2.75, 3.05) is 19.5 Å². The quantitative estimate of drug-likeness (QED) is 0.649. The van der Waals surface area contributed by atoms with E-state index in [9.17, 15) is 4.79 Å². The molecule has 0 spiro atoms. The number of ether oxygens (including phenoxy) is 2. The molecule has 0 amide bonds. The van der Waals surface area contributed by atoms with Crippen LogP contribution >= 0.6 is 0 Å². The second-order valence-electron chi connectivity index (χ2n) is 4.75. The van der Waals surface area contributed by atoms with Crippen LogP contribution in [0, 0.1) is 0 Å². The van der Waals surface area contributed by atoms with Crippen LogP contribution in [0.5, 0.6) is 11.5 Å². The Bertz CT molecular complexity index is 678. The second-order valence-corrected chi connectivity index (χ2v) is 4.75. The molecular weight excluding hydrogens is 278 g/mol. The summed E-state index contributed by atoms with van der Waals surface area (Å²) in [7, 11) is 3.20. The highest BCUT2D eigenvalue weighted by Gasteiger charge is 2.07. The Kier molecular flexibility index (Phi) is 5.20. The molecule has 0 aromatic heterocycles. The molecule has 0 saturated heterocycles. The van der Waals surface area contributed by atoms with Crippen molar-refractivity contribution in [3.8, 4) is 11.5 Å². The molecule has 2 aromatic carbocycles. The van der Waals surface area contributed by atoms with Crippen LogP contribution in [0.1, 0.15) is 17.3 Å². The normalized spacial score (nSPS) is 11.0. The third-order valence-corrected chi connectivity index (χ3v) is 3.14. The highest BCUT2D eigenvalue weighted by Crippen LogP contribution is 2.29. The Morgan fingerprint density at radius 1 is 1.05 bits per heavy atom. The molecule has 0 saturated carbocycles. The topological polar surface area (TPSA) is 47.6 Å². The molecule has 0 aliphatic carbocycles. The average molecular weight is 297 g/mol. The van der Waals surface area contributed by atoms with Crippen molar-refractivity contribution in [3.05, 3.63) is 65.9 Å². The molecule has 22 heavy (non-hydrogen) atoms. The van der Waals surface area contributed by atoms with Gasteiger partial charge in [-0.25, -0.2) is 0 Å². The number of ketones is 1. The van der Waals surface area contributed by atoms with E-state index in [2.05, 4.69) is 5.32 Å². The van der Waals surface area contributed by atoms with E-state index >= 15 is 0 Å². The van der Waals surface area contributed by atoms with E-state index in [0.717, 1.165) is 11.4 Å². The number of allylic oxidation sites excluding steroid dienone is 2. The molecule has 114 valence electrons. The predicted octanol–water partition coefficient (Wildman–Crippen LogP) is 3.90. The van der Waals surface area contributed by atoms with E-state index in [1.165, 1.54) is 0 Å². The lowest BCUT2D eigenvalue weighted by atomic mass is 10.1. The Labute approximate surface area is 130 Å². The monoisotopic (exact) mass is 297 g/mol. The van der Waals surface area contributed by atoms with Crippen LogP contribution in [-0.4, -0.2) is 20.0 Å². The number of anilines is 1. The van der Waals surface area contributed by atoms with Gasteiger partial charge in [-0.2, -0.15) is 0 Å². The fraction of sp³-hybridized carbons (Fsp3) is 0.167. The minimum atomic E-state index is -0.0486. The molecule has 2 rings (SSSR count). The molecule has 0 aliphatic heterocycles. The number of carbonyl (C=O) groups is 1. The van der Waals surface area contributed by atoms with Crippen LogP contribution in [0.15, 0.2) is 60.3 Å². The van der Waals surface area contributed by atoms with Crippen molar-refractivity contribution in [1.82, 2.24) is 0 Å². The maximum Gasteiger partial charge on any atom is 0.187 e. The zero-order valence-electron chi connectivity index (χ0n) is 12.9. The van der Waals surface area contributed by atoms with Gasteiger partial charge in [-0.3, -0.25) is 4.79 Å². The molecule has 0 aliphatic rings. The molecule has 1 N–H and O–H groups in total. The molecule has 0 fully saturated rings. The lowest BCUT2D eigenvalue weighted by molar-refractivity contribution is 0.104. The van der Waals surface area contributed by atoms with E-state index in [4.69, 9.17) is 9.47 Å². The minimum Gasteiger partial charge on any atom is -0.497 e. The van der Waals surface area contributed by atoms with Crippen molar-refractivity contribution < 1.29 is 14.3 Å². The van der Waals surface area contributed by atoms with Gasteiger partial charge in [-0.1, -0.05) is 30.3 Å². The zero-order chi connectivity index (χ0) is 15.9. The summed E-state index contributed by atoms with van der Waals surface area (Å²) in [4.78, 5) is 12.2. The number of methoxy groups -OCH3 is 2. The van der Waals surface area contributed by atoms with Gasteiger partial charge in [-0.15, -0.1) is 0 Å². The van der Waals surface area contributed by atoms with Gasteiger partial charge in [0.15, 0.2) is 5.78 Å². The highest BCUT2D eigenvalue weighted by molar-refractivity contribution is 6.05. The molecule has 2 aromatic rings. The zero-order valence-corrected chi connectivity index (χ0v) is 12.9. The summed E-state index contributed by atoms with van der Waals surface area (Å²) >= 11 is 0. The first kappa shape index (κ1) is 15.6. The van der Waals surface area contributed by atoms with Crippen LogP contribution in [0.3, 0.4) is 0 Å². The molecule has 4 nitrogen and oxygen atoms in total. The van der Waals surface area contributed by atoms with Gasteiger partial charge in [0.05, 0.1) is 19.9 Å². The van der Waals surface area contributed by atoms with E-state index in [1.54, 1.807) is 32.4 Å². The Balaban J connectivity index is 2.19. The molecule has 0 radical (unpaired) electrons. The first-order chi connectivity index (χ1) is 10.6. The van der Waals surface area contributed by atoms with Gasteiger partial charge in [0, 0.05) is 23.4 Å². The van der Waals surface area contributed by atoms with Crippen molar-refractivity contribution in [1.29, 1.82) is 0 Å². The van der Waals surface area contributed by atoms with Gasteiger partial charge < -0.3 is 14.8 Å². The molecule has 0 heterocycles. The highest BCUT2D eigenvalue weighted by atomic mass is 16.5. The number of nitrogens with one attached hydrogen (secondary N) is 1. The van der Waals surface area contributed by atoms with E-state index in [1.807, 2.05) is 43.3 Å². The van der Waals surface area contributed by atoms with E-state index < -0.39 is 0 Å². The SMILES string of the molecule is COc1ccc(OC)c(NC(C)=CC(=O)c2ccccc2)c1. The summed E-state index contributed by atoms with van der Waals surface area (Å²) in [6.07, 6.45) is 1.56. The van der Waals surface area contributed by atoms with Gasteiger partial charge >= 0.3 is 0 Å². The molecular formula is C18H19NO3. The summed E-state index contributed by atoms with van der Waals surface area (Å²) in [5.41, 5.74) is 2.12. The number of benzene rings is 2. The fourth-order valence-corrected chi connectivity index (χ4v) is 2.04. The number of hydrogen-bond donors (Lipinski definition) is 1. The second kappa shape index (κ2) is 7.31. The smallest absolute Gasteiger partial charge is 0.187 e. The summed E-state index contributed by atoms with van der Waals surface area (Å²) < 4.78 is 10.5. The van der Waals surface area contributed by atoms with Gasteiger partial charge in [0.2, 0.25) is 0 Å². The van der Waals surface area contributed by atoms with Crippen LogP contribution in [0.2, 0.25) is 0 Å². The molecule has 4 heteroatoms. The lowest BCUT2D eigenvalue weighted by Crippen LogP contribution is -2.03. The van der Waals surface area contributed by atoms with E-state index in [-0.39, 0.29) is 5.78 Å². The maximum atomic E-state index is 12.2. The van der Waals surface area contributed by atoms with Gasteiger partial charge in [0.25, 0.3) is 0 Å². The summed E-state index contributed by atoms with van der Waals surface area (Å²) in [5.74, 6) is 1.35. The van der Waals surface area contributed by atoms with Gasteiger partial charge in [0.1, 0.15) is 11.5 Å². The predicted molar refractivity (Wildman–Crippen MR) is 87.7 cm³/mol. The van der Waals surface area contributed by atoms with Crippen LogP contribution in [0.25, 0.3) is 0 Å². The van der Waals surface area contributed by atoms with Crippen molar-refractivity contribution >= 4 is 11.5 Å². The Morgan fingerprint density at radius 2 is 1.77 bits per heavy atom. The Morgan fingerprint density at radius 3 is 2.41 bits per heavy atom. The first-order valence-corrected chi connectivity index (χ1v) is 6.90. The number of carbonyl (C=O) groups excluding carboxylic acids is 1. The third-order valence-electron chi connectivity index (χ3n) is 3.14. The third kappa shape index (κ3) is 3.88. The van der Waals surface area contributed by atoms with Crippen molar-refractivity contribution in [3.63, 3.8) is 0 Å². The van der Waals surface area contributed by atoms with Crippen molar-refractivity contribution in [2.24, 2.45) is 0 Å². The first-order valence-electron chi connectivity index (χ1n) is 6.90. The van der Waals surface area contributed by atoms with Crippen molar-refractivity contribution in [2.45, 2.75) is 6.92 Å². The fourth-order valence-electron chi connectivity index (χ4n) is 2.04. The standard InChI is InChI=1S/C18H19NO3/c1-13(11-17(20)14-7-5-4-6-8-14)19-16-12-15(21-2)9-10-18(16)22-3/h4-12,19H,1-3H3.